The number of hydrogen-bond donors (Lipinski definition) is 0. The van der Waals surface area contributed by atoms with Crippen LogP contribution in [0.25, 0.3) is 11.0 Å². The standard InChI is InChI=1S/C25H27NO5/c1-17-12-18(2)14-26(13-17)23(27)16-30-25(28)24-21(15-29-19-8-4-3-5-9-19)20-10-6-7-11-22(20)31-24/h3-11,17-18H,12-16H2,1-2H3/t17-,18-/m1/s1. The molecule has 2 heterocycles. The van der Waals surface area contributed by atoms with Crippen LogP contribution in [0.5, 0.6) is 5.75 Å². The van der Waals surface area contributed by atoms with Gasteiger partial charge in [-0.2, -0.15) is 0 Å². The summed E-state index contributed by atoms with van der Waals surface area (Å²) >= 11 is 0. The molecule has 0 bridgehead atoms. The Kier molecular flexibility index (Phi) is 6.26. The minimum absolute atomic E-state index is 0.0744. The number of amides is 1. The summed E-state index contributed by atoms with van der Waals surface area (Å²) in [6.45, 7) is 5.52. The Morgan fingerprint density at radius 3 is 2.42 bits per heavy atom. The number of benzene rings is 2. The first-order chi connectivity index (χ1) is 15.0. The van der Waals surface area contributed by atoms with E-state index in [1.54, 1.807) is 11.0 Å². The van der Waals surface area contributed by atoms with Gasteiger partial charge >= 0.3 is 5.97 Å². The second kappa shape index (κ2) is 9.25. The Morgan fingerprint density at radius 2 is 1.68 bits per heavy atom. The molecule has 0 saturated carbocycles. The molecule has 1 aromatic heterocycles. The van der Waals surface area contributed by atoms with Crippen LogP contribution in [0.2, 0.25) is 0 Å². The highest BCUT2D eigenvalue weighted by Crippen LogP contribution is 2.28. The fourth-order valence-electron chi connectivity index (χ4n) is 4.23. The van der Waals surface area contributed by atoms with Crippen LogP contribution in [-0.4, -0.2) is 36.5 Å². The number of rotatable bonds is 6. The molecule has 1 saturated heterocycles. The summed E-state index contributed by atoms with van der Waals surface area (Å²) in [6, 6.07) is 16.7. The molecule has 1 fully saturated rings. The lowest BCUT2D eigenvalue weighted by atomic mass is 9.92. The number of piperidine rings is 1. The van der Waals surface area contributed by atoms with Crippen molar-refractivity contribution >= 4 is 22.8 Å². The molecule has 162 valence electrons. The summed E-state index contributed by atoms with van der Waals surface area (Å²) in [5, 5.41) is 0.787. The number of furan rings is 1. The molecule has 2 atom stereocenters. The molecule has 0 unspecified atom stereocenters. The zero-order chi connectivity index (χ0) is 21.8. The van der Waals surface area contributed by atoms with Crippen LogP contribution in [0.3, 0.4) is 0 Å². The van der Waals surface area contributed by atoms with Crippen molar-refractivity contribution in [3.8, 4) is 5.75 Å². The predicted octanol–water partition coefficient (Wildman–Crippen LogP) is 4.67. The van der Waals surface area contributed by atoms with Crippen molar-refractivity contribution in [1.29, 1.82) is 0 Å². The fraction of sp³-hybridized carbons (Fsp3) is 0.360. The van der Waals surface area contributed by atoms with Gasteiger partial charge in [-0.1, -0.05) is 50.2 Å². The molecule has 0 aliphatic carbocycles. The third kappa shape index (κ3) is 4.90. The van der Waals surface area contributed by atoms with E-state index in [4.69, 9.17) is 13.9 Å². The Balaban J connectivity index is 1.47. The van der Waals surface area contributed by atoms with Crippen molar-refractivity contribution in [1.82, 2.24) is 4.90 Å². The quantitative estimate of drug-likeness (QED) is 0.541. The molecular weight excluding hydrogens is 394 g/mol. The summed E-state index contributed by atoms with van der Waals surface area (Å²) in [5.74, 6) is 0.821. The molecule has 4 rings (SSSR count). The van der Waals surface area contributed by atoms with E-state index in [-0.39, 0.29) is 24.9 Å². The van der Waals surface area contributed by atoms with E-state index in [1.807, 2.05) is 48.5 Å². The van der Waals surface area contributed by atoms with Crippen LogP contribution in [0.4, 0.5) is 0 Å². The average molecular weight is 421 g/mol. The highest BCUT2D eigenvalue weighted by molar-refractivity contribution is 5.96. The molecule has 2 aromatic carbocycles. The summed E-state index contributed by atoms with van der Waals surface area (Å²) in [5.41, 5.74) is 1.18. The Hall–Kier alpha value is -3.28. The first-order valence-electron chi connectivity index (χ1n) is 10.6. The SMILES string of the molecule is C[C@@H]1C[C@@H](C)CN(C(=O)COC(=O)c2oc3ccccc3c2COc2ccccc2)C1. The van der Waals surface area contributed by atoms with E-state index in [0.717, 1.165) is 11.8 Å². The number of fused-ring (bicyclic) bond motifs is 1. The van der Waals surface area contributed by atoms with Gasteiger partial charge in [0.15, 0.2) is 6.61 Å². The van der Waals surface area contributed by atoms with Gasteiger partial charge < -0.3 is 18.8 Å². The van der Waals surface area contributed by atoms with Crippen LogP contribution in [0, 0.1) is 11.8 Å². The summed E-state index contributed by atoms with van der Waals surface area (Å²) in [4.78, 5) is 27.2. The largest absolute Gasteiger partial charge is 0.489 e. The maximum absolute atomic E-state index is 12.8. The van der Waals surface area contributed by atoms with Gasteiger partial charge in [0, 0.05) is 18.5 Å². The Bertz CT molecular complexity index is 1050. The van der Waals surface area contributed by atoms with Crippen LogP contribution in [0.15, 0.2) is 59.0 Å². The number of esters is 1. The Labute approximate surface area is 181 Å². The number of para-hydroxylation sites is 2. The molecule has 6 heteroatoms. The molecule has 1 aliphatic heterocycles. The fourth-order valence-corrected chi connectivity index (χ4v) is 4.23. The molecule has 0 spiro atoms. The van der Waals surface area contributed by atoms with E-state index in [9.17, 15) is 9.59 Å². The predicted molar refractivity (Wildman–Crippen MR) is 117 cm³/mol. The maximum atomic E-state index is 12.8. The number of ether oxygens (including phenoxy) is 2. The van der Waals surface area contributed by atoms with Crippen molar-refractivity contribution in [2.24, 2.45) is 11.8 Å². The molecule has 0 radical (unpaired) electrons. The van der Waals surface area contributed by atoms with Crippen LogP contribution < -0.4 is 4.74 Å². The molecule has 3 aromatic rings. The Morgan fingerprint density at radius 1 is 1.00 bits per heavy atom. The molecule has 1 aliphatic rings. The molecule has 0 N–H and O–H groups in total. The smallest absolute Gasteiger partial charge is 0.375 e. The second-order valence-electron chi connectivity index (χ2n) is 8.33. The second-order valence-corrected chi connectivity index (χ2v) is 8.33. The molecule has 6 nitrogen and oxygen atoms in total. The van der Waals surface area contributed by atoms with Gasteiger partial charge in [0.05, 0.1) is 5.56 Å². The number of carbonyl (C=O) groups is 2. The minimum Gasteiger partial charge on any atom is -0.489 e. The molecule has 31 heavy (non-hydrogen) atoms. The third-order valence-corrected chi connectivity index (χ3v) is 5.56. The molecular formula is C25H27NO5. The van der Waals surface area contributed by atoms with Gasteiger partial charge in [0.25, 0.3) is 5.91 Å². The summed E-state index contributed by atoms with van der Waals surface area (Å²) in [7, 11) is 0. The van der Waals surface area contributed by atoms with E-state index < -0.39 is 5.97 Å². The van der Waals surface area contributed by atoms with Crippen molar-refractivity contribution in [2.45, 2.75) is 26.9 Å². The monoisotopic (exact) mass is 421 g/mol. The van der Waals surface area contributed by atoms with Gasteiger partial charge in [0.1, 0.15) is 17.9 Å². The van der Waals surface area contributed by atoms with Crippen LogP contribution >= 0.6 is 0 Å². The summed E-state index contributed by atoms with van der Waals surface area (Å²) in [6.07, 6.45) is 1.10. The van der Waals surface area contributed by atoms with Crippen LogP contribution in [-0.2, 0) is 16.1 Å². The first-order valence-corrected chi connectivity index (χ1v) is 10.6. The normalized spacial score (nSPS) is 18.7. The van der Waals surface area contributed by atoms with Gasteiger partial charge in [-0.3, -0.25) is 4.79 Å². The van der Waals surface area contributed by atoms with Crippen molar-refractivity contribution < 1.29 is 23.5 Å². The van der Waals surface area contributed by atoms with Gasteiger partial charge in [-0.25, -0.2) is 4.79 Å². The van der Waals surface area contributed by atoms with Gasteiger partial charge in [-0.05, 0) is 36.5 Å². The number of carbonyl (C=O) groups excluding carboxylic acids is 2. The van der Waals surface area contributed by atoms with E-state index in [2.05, 4.69) is 13.8 Å². The lowest BCUT2D eigenvalue weighted by Gasteiger charge is -2.34. The lowest BCUT2D eigenvalue weighted by molar-refractivity contribution is -0.137. The molecule has 1 amide bonds. The zero-order valence-electron chi connectivity index (χ0n) is 17.9. The number of nitrogens with zero attached hydrogens (tertiary/aromatic N) is 1. The number of likely N-dealkylation sites (tertiary alicyclic amines) is 1. The maximum Gasteiger partial charge on any atom is 0.375 e. The number of hydrogen-bond acceptors (Lipinski definition) is 5. The first kappa shape index (κ1) is 21.0. The zero-order valence-corrected chi connectivity index (χ0v) is 17.9. The van der Waals surface area contributed by atoms with Crippen LogP contribution in [0.1, 0.15) is 36.4 Å². The highest BCUT2D eigenvalue weighted by Gasteiger charge is 2.27. The van der Waals surface area contributed by atoms with Crippen molar-refractivity contribution in [3.05, 3.63) is 65.9 Å². The lowest BCUT2D eigenvalue weighted by Crippen LogP contribution is -2.44. The minimum atomic E-state index is -0.658. The van der Waals surface area contributed by atoms with Gasteiger partial charge in [0.2, 0.25) is 5.76 Å². The van der Waals surface area contributed by atoms with E-state index in [0.29, 0.717) is 41.8 Å². The van der Waals surface area contributed by atoms with Crippen molar-refractivity contribution in [3.63, 3.8) is 0 Å². The highest BCUT2D eigenvalue weighted by atomic mass is 16.5. The summed E-state index contributed by atoms with van der Waals surface area (Å²) < 4.78 is 17.0. The van der Waals surface area contributed by atoms with Gasteiger partial charge in [-0.15, -0.1) is 0 Å². The average Bonchev–Trinajstić information content (AvgIpc) is 3.14. The topological polar surface area (TPSA) is 69.0 Å². The van der Waals surface area contributed by atoms with Crippen molar-refractivity contribution in [2.75, 3.05) is 19.7 Å². The van der Waals surface area contributed by atoms with E-state index >= 15 is 0 Å². The third-order valence-electron chi connectivity index (χ3n) is 5.56. The van der Waals surface area contributed by atoms with E-state index in [1.165, 1.54) is 0 Å².